The van der Waals surface area contributed by atoms with Crippen molar-refractivity contribution in [2.24, 2.45) is 0 Å². The molecule has 0 amide bonds. The molecular weight excluding hydrogens is 200 g/mol. The minimum absolute atomic E-state index is 0.103. The summed E-state index contributed by atoms with van der Waals surface area (Å²) in [5, 5.41) is 5.92. The number of nitrogens with one attached hydrogen (secondary N) is 1. The largest absolute Gasteiger partial charge is 0.380 e. The summed E-state index contributed by atoms with van der Waals surface area (Å²) in [4.78, 5) is 0. The van der Waals surface area contributed by atoms with Gasteiger partial charge < -0.3 is 5.73 Å². The number of nitrogens with two attached hydrogens (primary N) is 1. The van der Waals surface area contributed by atoms with E-state index in [0.29, 0.717) is 11.1 Å². The van der Waals surface area contributed by atoms with Gasteiger partial charge in [-0.05, 0) is 18.6 Å². The zero-order valence-corrected chi connectivity index (χ0v) is 8.01. The molecule has 0 radical (unpaired) electrons. The molecule has 0 fully saturated rings. The lowest BCUT2D eigenvalue weighted by atomic mass is 10.1. The summed E-state index contributed by atoms with van der Waals surface area (Å²) in [7, 11) is 0. The fraction of sp³-hybridized carbons (Fsp3) is 0.100. The summed E-state index contributed by atoms with van der Waals surface area (Å²) in [6, 6.07) is 4.42. The maximum Gasteiger partial charge on any atom is 0.192 e. The maximum absolute atomic E-state index is 13.3. The Hall–Kier alpha value is -1.91. The number of hydrogen-bond acceptors (Lipinski definition) is 2. The van der Waals surface area contributed by atoms with Gasteiger partial charge in [-0.1, -0.05) is 12.1 Å². The van der Waals surface area contributed by atoms with E-state index in [-0.39, 0.29) is 17.3 Å². The molecule has 0 atom stereocenters. The quantitative estimate of drug-likeness (QED) is 0.756. The van der Waals surface area contributed by atoms with Gasteiger partial charge in [0.05, 0.1) is 0 Å². The zero-order valence-electron chi connectivity index (χ0n) is 8.01. The Bertz CT molecular complexity index is 505. The summed E-state index contributed by atoms with van der Waals surface area (Å²) in [6.45, 7) is 1.64. The van der Waals surface area contributed by atoms with E-state index >= 15 is 0 Å². The van der Waals surface area contributed by atoms with Crippen molar-refractivity contribution >= 4 is 5.82 Å². The monoisotopic (exact) mass is 209 g/mol. The zero-order chi connectivity index (χ0) is 11.0. The topological polar surface area (TPSA) is 54.7 Å². The molecule has 78 valence electrons. The van der Waals surface area contributed by atoms with Crippen LogP contribution in [0.1, 0.15) is 5.56 Å². The van der Waals surface area contributed by atoms with Crippen LogP contribution >= 0.6 is 0 Å². The Labute approximate surface area is 84.9 Å². The van der Waals surface area contributed by atoms with E-state index in [4.69, 9.17) is 5.73 Å². The average Bonchev–Trinajstić information content (AvgIpc) is 2.53. The summed E-state index contributed by atoms with van der Waals surface area (Å²) >= 11 is 0. The fourth-order valence-electron chi connectivity index (χ4n) is 1.28. The van der Waals surface area contributed by atoms with Gasteiger partial charge in [0.2, 0.25) is 0 Å². The van der Waals surface area contributed by atoms with E-state index in [2.05, 4.69) is 10.2 Å². The van der Waals surface area contributed by atoms with Crippen molar-refractivity contribution in [3.05, 3.63) is 35.4 Å². The van der Waals surface area contributed by atoms with Gasteiger partial charge in [0.25, 0.3) is 0 Å². The third kappa shape index (κ3) is 1.56. The number of anilines is 1. The van der Waals surface area contributed by atoms with Gasteiger partial charge in [-0.25, -0.2) is 8.78 Å². The Morgan fingerprint density at radius 1 is 1.33 bits per heavy atom. The van der Waals surface area contributed by atoms with Crippen molar-refractivity contribution in [2.75, 3.05) is 5.73 Å². The molecule has 0 bridgehead atoms. The Kier molecular flexibility index (Phi) is 2.15. The minimum atomic E-state index is -0.654. The van der Waals surface area contributed by atoms with Gasteiger partial charge in [-0.15, -0.1) is 0 Å². The number of rotatable bonds is 1. The second kappa shape index (κ2) is 3.34. The minimum Gasteiger partial charge on any atom is -0.380 e. The number of nitrogen functional groups attached to an aromatic ring is 1. The smallest absolute Gasteiger partial charge is 0.192 e. The molecule has 15 heavy (non-hydrogen) atoms. The number of aryl methyl sites for hydroxylation is 1. The van der Waals surface area contributed by atoms with E-state index in [1.54, 1.807) is 19.1 Å². The lowest BCUT2D eigenvalue weighted by molar-refractivity contribution is 0.617. The highest BCUT2D eigenvalue weighted by molar-refractivity contribution is 5.63. The number of H-pyrrole nitrogens is 1. The van der Waals surface area contributed by atoms with Crippen molar-refractivity contribution in [1.29, 1.82) is 0 Å². The predicted molar refractivity (Wildman–Crippen MR) is 53.1 cm³/mol. The maximum atomic E-state index is 13.3. The van der Waals surface area contributed by atoms with E-state index in [1.807, 2.05) is 0 Å². The molecule has 3 N–H and O–H groups in total. The predicted octanol–water partition coefficient (Wildman–Crippen LogP) is 2.25. The van der Waals surface area contributed by atoms with Gasteiger partial charge in [0, 0.05) is 5.56 Å². The van der Waals surface area contributed by atoms with Crippen LogP contribution < -0.4 is 5.73 Å². The molecule has 3 nitrogen and oxygen atoms in total. The standard InChI is InChI=1S/C10H9F2N3/c1-5-2-3-6(4-7(5)11)9-8(12)10(13)15-14-9/h2-4H,1H3,(H3,13,14,15). The SMILES string of the molecule is Cc1ccc(-c2[nH]nc(N)c2F)cc1F. The lowest BCUT2D eigenvalue weighted by Crippen LogP contribution is -1.88. The molecule has 1 heterocycles. The van der Waals surface area contributed by atoms with Crippen LogP contribution in [0.2, 0.25) is 0 Å². The van der Waals surface area contributed by atoms with Crippen LogP contribution in [0.25, 0.3) is 11.3 Å². The third-order valence-corrected chi connectivity index (χ3v) is 2.19. The van der Waals surface area contributed by atoms with Gasteiger partial charge in [-0.2, -0.15) is 5.10 Å². The molecule has 2 rings (SSSR count). The van der Waals surface area contributed by atoms with Crippen LogP contribution in [0.15, 0.2) is 18.2 Å². The molecule has 2 aromatic rings. The van der Waals surface area contributed by atoms with Crippen molar-refractivity contribution < 1.29 is 8.78 Å². The van der Waals surface area contributed by atoms with Crippen LogP contribution in [0, 0.1) is 18.6 Å². The Morgan fingerprint density at radius 2 is 2.07 bits per heavy atom. The van der Waals surface area contributed by atoms with E-state index in [0.717, 1.165) is 0 Å². The van der Waals surface area contributed by atoms with Crippen LogP contribution in [-0.4, -0.2) is 10.2 Å². The highest BCUT2D eigenvalue weighted by Crippen LogP contribution is 2.24. The third-order valence-electron chi connectivity index (χ3n) is 2.19. The Morgan fingerprint density at radius 3 is 2.60 bits per heavy atom. The van der Waals surface area contributed by atoms with Crippen molar-refractivity contribution in [3.63, 3.8) is 0 Å². The van der Waals surface area contributed by atoms with Crippen LogP contribution in [0.4, 0.5) is 14.6 Å². The second-order valence-electron chi connectivity index (χ2n) is 3.26. The highest BCUT2D eigenvalue weighted by atomic mass is 19.1. The van der Waals surface area contributed by atoms with Crippen molar-refractivity contribution in [1.82, 2.24) is 10.2 Å². The van der Waals surface area contributed by atoms with E-state index < -0.39 is 5.82 Å². The summed E-state index contributed by atoms with van der Waals surface area (Å²) in [5.74, 6) is -1.26. The number of aromatic amines is 1. The first-order chi connectivity index (χ1) is 7.09. The van der Waals surface area contributed by atoms with Gasteiger partial charge >= 0.3 is 0 Å². The number of nitrogens with zero attached hydrogens (tertiary/aromatic N) is 1. The molecule has 0 aliphatic rings. The molecule has 0 spiro atoms. The van der Waals surface area contributed by atoms with Crippen LogP contribution in [0.5, 0.6) is 0 Å². The molecule has 0 aliphatic heterocycles. The first-order valence-corrected chi connectivity index (χ1v) is 4.35. The molecule has 0 saturated carbocycles. The van der Waals surface area contributed by atoms with E-state index in [1.165, 1.54) is 6.07 Å². The number of hydrogen-bond donors (Lipinski definition) is 2. The molecule has 0 aliphatic carbocycles. The summed E-state index contributed by atoms with van der Waals surface area (Å²) in [6.07, 6.45) is 0. The number of aromatic nitrogens is 2. The first-order valence-electron chi connectivity index (χ1n) is 4.35. The molecule has 0 unspecified atom stereocenters. The fourth-order valence-corrected chi connectivity index (χ4v) is 1.28. The summed E-state index contributed by atoms with van der Waals surface area (Å²) < 4.78 is 26.6. The lowest BCUT2D eigenvalue weighted by Gasteiger charge is -2.00. The normalized spacial score (nSPS) is 10.6. The molecule has 1 aromatic carbocycles. The van der Waals surface area contributed by atoms with Gasteiger partial charge in [0.15, 0.2) is 11.6 Å². The van der Waals surface area contributed by atoms with Crippen LogP contribution in [-0.2, 0) is 0 Å². The second-order valence-corrected chi connectivity index (χ2v) is 3.26. The molecular formula is C10H9F2N3. The highest BCUT2D eigenvalue weighted by Gasteiger charge is 2.12. The van der Waals surface area contributed by atoms with Crippen molar-refractivity contribution in [3.8, 4) is 11.3 Å². The van der Waals surface area contributed by atoms with Crippen molar-refractivity contribution in [2.45, 2.75) is 6.92 Å². The summed E-state index contributed by atoms with van der Waals surface area (Å²) in [5.41, 5.74) is 6.23. The molecule has 0 saturated heterocycles. The van der Waals surface area contributed by atoms with Gasteiger partial charge in [-0.3, -0.25) is 5.10 Å². The Balaban J connectivity index is 2.55. The molecule has 1 aromatic heterocycles. The van der Waals surface area contributed by atoms with E-state index in [9.17, 15) is 8.78 Å². The molecule has 5 heteroatoms. The van der Waals surface area contributed by atoms with Crippen LogP contribution in [0.3, 0.4) is 0 Å². The average molecular weight is 209 g/mol. The first kappa shape index (κ1) is 9.64. The van der Waals surface area contributed by atoms with Gasteiger partial charge in [0.1, 0.15) is 11.5 Å². The number of halogens is 2. The number of benzene rings is 1.